The number of anilines is 1. The van der Waals surface area contributed by atoms with E-state index in [-0.39, 0.29) is 5.12 Å². The van der Waals surface area contributed by atoms with Crippen molar-refractivity contribution in [2.45, 2.75) is 32.2 Å². The van der Waals surface area contributed by atoms with Crippen LogP contribution in [0.3, 0.4) is 0 Å². The Morgan fingerprint density at radius 3 is 2.79 bits per heavy atom. The smallest absolute Gasteiger partial charge is 0.219 e. The van der Waals surface area contributed by atoms with E-state index in [4.69, 9.17) is 5.73 Å². The van der Waals surface area contributed by atoms with Crippen molar-refractivity contribution < 1.29 is 4.79 Å². The van der Waals surface area contributed by atoms with Crippen LogP contribution in [0, 0.1) is 0 Å². The molecule has 1 aromatic carbocycles. The number of nitrogen functional groups attached to an aromatic ring is 1. The average molecular weight is 278 g/mol. The largest absolute Gasteiger partial charge is 0.399 e. The molecule has 1 fully saturated rings. The van der Waals surface area contributed by atoms with Gasteiger partial charge in [0.05, 0.1) is 0 Å². The van der Waals surface area contributed by atoms with Crippen LogP contribution >= 0.6 is 11.8 Å². The normalized spacial score (nSPS) is 20.4. The summed E-state index contributed by atoms with van der Waals surface area (Å²) in [6, 6.07) is 7.82. The number of benzene rings is 1. The predicted octanol–water partition coefficient (Wildman–Crippen LogP) is 3.02. The lowest BCUT2D eigenvalue weighted by Gasteiger charge is -2.33. The Kier molecular flexibility index (Phi) is 5.28. The molecule has 0 bridgehead atoms. The molecule has 19 heavy (non-hydrogen) atoms. The molecule has 1 aromatic rings. The van der Waals surface area contributed by atoms with Gasteiger partial charge in [-0.25, -0.2) is 0 Å². The van der Waals surface area contributed by atoms with Crippen LogP contribution in [0.2, 0.25) is 0 Å². The maximum atomic E-state index is 12.0. The van der Waals surface area contributed by atoms with Crippen molar-refractivity contribution >= 4 is 22.6 Å². The Bertz CT molecular complexity index is 419. The highest BCUT2D eigenvalue weighted by Gasteiger charge is 2.18. The van der Waals surface area contributed by atoms with Gasteiger partial charge in [-0.2, -0.15) is 0 Å². The van der Waals surface area contributed by atoms with Gasteiger partial charge in [0.15, 0.2) is 0 Å². The number of hydrogen-bond donors (Lipinski definition) is 1. The molecule has 0 radical (unpaired) electrons. The van der Waals surface area contributed by atoms with Gasteiger partial charge in [-0.1, -0.05) is 18.2 Å². The van der Waals surface area contributed by atoms with Gasteiger partial charge in [0, 0.05) is 29.6 Å². The monoisotopic (exact) mass is 278 g/mol. The fourth-order valence-corrected chi connectivity index (χ4v) is 3.26. The van der Waals surface area contributed by atoms with Gasteiger partial charge >= 0.3 is 0 Å². The number of carbonyl (C=O) groups excluding carboxylic acids is 1. The highest BCUT2D eigenvalue weighted by Crippen LogP contribution is 2.18. The van der Waals surface area contributed by atoms with Crippen molar-refractivity contribution in [1.82, 2.24) is 4.90 Å². The topological polar surface area (TPSA) is 46.3 Å². The first kappa shape index (κ1) is 14.4. The number of hydrogen-bond acceptors (Lipinski definition) is 4. The van der Waals surface area contributed by atoms with Crippen molar-refractivity contribution in [1.29, 1.82) is 0 Å². The quantitative estimate of drug-likeness (QED) is 0.860. The molecule has 1 saturated heterocycles. The summed E-state index contributed by atoms with van der Waals surface area (Å²) in [6.07, 6.45) is 3.92. The number of thioether (sulfide) groups is 1. The first-order valence-electron chi connectivity index (χ1n) is 6.93. The minimum atomic E-state index is 0.143. The standard InChI is InChI=1S/C15H22N2OS/c1-12-4-2-3-9-17(12)10-11-19-15(18)13-5-7-14(16)8-6-13/h5-8,12H,2-4,9-11,16H2,1H3/t12-/m0/s1. The third kappa shape index (κ3) is 4.25. The maximum Gasteiger partial charge on any atom is 0.219 e. The number of rotatable bonds is 4. The van der Waals surface area contributed by atoms with E-state index in [0.29, 0.717) is 11.7 Å². The summed E-state index contributed by atoms with van der Waals surface area (Å²) < 4.78 is 0. The second kappa shape index (κ2) is 6.96. The van der Waals surface area contributed by atoms with Gasteiger partial charge in [-0.05, 0) is 50.6 Å². The van der Waals surface area contributed by atoms with Crippen molar-refractivity contribution in [3.05, 3.63) is 29.8 Å². The summed E-state index contributed by atoms with van der Waals surface area (Å²) in [6.45, 7) is 4.47. The third-order valence-electron chi connectivity index (χ3n) is 3.70. The van der Waals surface area contributed by atoms with E-state index in [2.05, 4.69) is 11.8 Å². The molecule has 3 nitrogen and oxygen atoms in total. The van der Waals surface area contributed by atoms with Crippen LogP contribution in [-0.2, 0) is 0 Å². The van der Waals surface area contributed by atoms with Crippen molar-refractivity contribution in [3.63, 3.8) is 0 Å². The molecular weight excluding hydrogens is 256 g/mol. The van der Waals surface area contributed by atoms with Crippen molar-refractivity contribution in [2.75, 3.05) is 24.6 Å². The number of likely N-dealkylation sites (tertiary alicyclic amines) is 1. The zero-order chi connectivity index (χ0) is 13.7. The lowest BCUT2D eigenvalue weighted by molar-refractivity contribution is 0.108. The summed E-state index contributed by atoms with van der Waals surface area (Å²) in [5, 5.41) is 0.143. The molecule has 0 aromatic heterocycles. The molecule has 1 atom stereocenters. The Morgan fingerprint density at radius 1 is 1.37 bits per heavy atom. The fraction of sp³-hybridized carbons (Fsp3) is 0.533. The first-order valence-corrected chi connectivity index (χ1v) is 7.92. The van der Waals surface area contributed by atoms with E-state index in [1.807, 2.05) is 0 Å². The molecule has 1 aliphatic rings. The Labute approximate surface area is 119 Å². The van der Waals surface area contributed by atoms with Crippen molar-refractivity contribution in [2.24, 2.45) is 0 Å². The molecule has 0 saturated carbocycles. The SMILES string of the molecule is C[C@H]1CCCCN1CCSC(=O)c1ccc(N)cc1. The molecule has 4 heteroatoms. The maximum absolute atomic E-state index is 12.0. The molecule has 0 spiro atoms. The van der Waals surface area contributed by atoms with Gasteiger partial charge in [0.2, 0.25) is 5.12 Å². The van der Waals surface area contributed by atoms with Crippen LogP contribution in [0.1, 0.15) is 36.5 Å². The molecule has 0 aliphatic carbocycles. The average Bonchev–Trinajstić information content (AvgIpc) is 2.41. The second-order valence-electron chi connectivity index (χ2n) is 5.14. The molecule has 104 valence electrons. The van der Waals surface area contributed by atoms with Crippen LogP contribution in [0.25, 0.3) is 0 Å². The summed E-state index contributed by atoms with van der Waals surface area (Å²) >= 11 is 1.41. The van der Waals surface area contributed by atoms with E-state index < -0.39 is 0 Å². The van der Waals surface area contributed by atoms with E-state index in [1.165, 1.54) is 37.6 Å². The Balaban J connectivity index is 1.76. The molecule has 0 unspecified atom stereocenters. The van der Waals surface area contributed by atoms with Gasteiger partial charge in [0.25, 0.3) is 0 Å². The predicted molar refractivity (Wildman–Crippen MR) is 82.5 cm³/mol. The van der Waals surface area contributed by atoms with Gasteiger partial charge < -0.3 is 5.73 Å². The number of nitrogens with two attached hydrogens (primary N) is 1. The lowest BCUT2D eigenvalue weighted by atomic mass is 10.0. The lowest BCUT2D eigenvalue weighted by Crippen LogP contribution is -2.38. The minimum Gasteiger partial charge on any atom is -0.399 e. The molecular formula is C15H22N2OS. The Morgan fingerprint density at radius 2 is 2.11 bits per heavy atom. The van der Waals surface area contributed by atoms with Crippen molar-refractivity contribution in [3.8, 4) is 0 Å². The van der Waals surface area contributed by atoms with E-state index >= 15 is 0 Å². The molecule has 0 amide bonds. The number of carbonyl (C=O) groups is 1. The summed E-state index contributed by atoms with van der Waals surface area (Å²) in [4.78, 5) is 14.5. The van der Waals surface area contributed by atoms with E-state index in [0.717, 1.165) is 17.9 Å². The molecule has 2 N–H and O–H groups in total. The van der Waals surface area contributed by atoms with Gasteiger partial charge in [-0.3, -0.25) is 9.69 Å². The highest BCUT2D eigenvalue weighted by atomic mass is 32.2. The van der Waals surface area contributed by atoms with Crippen LogP contribution in [0.15, 0.2) is 24.3 Å². The van der Waals surface area contributed by atoms with Gasteiger partial charge in [-0.15, -0.1) is 0 Å². The van der Waals surface area contributed by atoms with Crippen LogP contribution in [0.5, 0.6) is 0 Å². The highest BCUT2D eigenvalue weighted by molar-refractivity contribution is 8.14. The molecule has 1 heterocycles. The summed E-state index contributed by atoms with van der Waals surface area (Å²) in [5.74, 6) is 0.869. The van der Waals surface area contributed by atoms with Crippen LogP contribution < -0.4 is 5.73 Å². The third-order valence-corrected chi connectivity index (χ3v) is 4.58. The zero-order valence-electron chi connectivity index (χ0n) is 11.5. The summed E-state index contributed by atoms with van der Waals surface area (Å²) in [7, 11) is 0. The fourth-order valence-electron chi connectivity index (χ4n) is 2.45. The van der Waals surface area contributed by atoms with Crippen LogP contribution in [-0.4, -0.2) is 34.9 Å². The Hall–Kier alpha value is -1.00. The zero-order valence-corrected chi connectivity index (χ0v) is 12.3. The van der Waals surface area contributed by atoms with E-state index in [9.17, 15) is 4.79 Å². The van der Waals surface area contributed by atoms with Crippen LogP contribution in [0.4, 0.5) is 5.69 Å². The number of nitrogens with zero attached hydrogens (tertiary/aromatic N) is 1. The first-order chi connectivity index (χ1) is 9.16. The second-order valence-corrected chi connectivity index (χ2v) is 6.21. The molecule has 1 aliphatic heterocycles. The summed E-state index contributed by atoms with van der Waals surface area (Å²) in [5.41, 5.74) is 7.05. The minimum absolute atomic E-state index is 0.143. The van der Waals surface area contributed by atoms with E-state index in [1.54, 1.807) is 24.3 Å². The van der Waals surface area contributed by atoms with Gasteiger partial charge in [0.1, 0.15) is 0 Å². The molecule has 2 rings (SSSR count). The number of piperidine rings is 1.